The molecule has 3 aliphatic rings. The Morgan fingerprint density at radius 2 is 1.33 bits per heavy atom. The van der Waals surface area contributed by atoms with Gasteiger partial charge in [-0.15, -0.1) is 0 Å². The molecule has 2 saturated heterocycles. The molecule has 0 aromatic heterocycles. The van der Waals surface area contributed by atoms with Crippen LogP contribution in [0.25, 0.3) is 0 Å². The summed E-state index contributed by atoms with van der Waals surface area (Å²) in [6.07, 6.45) is 3.93. The number of nitrogens with zero attached hydrogens (tertiary/aromatic N) is 1. The molecule has 6 heteroatoms. The second kappa shape index (κ2) is 5.87. The molecule has 2 bridgehead atoms. The first-order valence-corrected chi connectivity index (χ1v) is 5.46. The summed E-state index contributed by atoms with van der Waals surface area (Å²) >= 11 is 0. The summed E-state index contributed by atoms with van der Waals surface area (Å²) in [7, 11) is 0. The molecule has 0 N–H and O–H groups in total. The molecule has 82 valence electrons. The average Bonchev–Trinajstić information content (AvgIpc) is 2.31. The molecule has 0 amide bonds. The Morgan fingerprint density at radius 1 is 0.933 bits per heavy atom. The van der Waals surface area contributed by atoms with Gasteiger partial charge in [0.25, 0.3) is 0 Å². The molecule has 0 unspecified atom stereocenters. The zero-order chi connectivity index (χ0) is 10.2. The van der Waals surface area contributed by atoms with Gasteiger partial charge in [-0.3, -0.25) is 0 Å². The van der Waals surface area contributed by atoms with E-state index in [1.54, 1.807) is 4.90 Å². The van der Waals surface area contributed by atoms with Crippen molar-refractivity contribution < 1.29 is 64.3 Å². The van der Waals surface area contributed by atoms with Crippen LogP contribution in [0.2, 0.25) is 0 Å². The SMILES string of the molecule is F[B-](F)(F)CN1CC2CCC(CC2)C1.[K+]. The van der Waals surface area contributed by atoms with E-state index >= 15 is 0 Å². The van der Waals surface area contributed by atoms with Crippen LogP contribution < -0.4 is 51.4 Å². The Balaban J connectivity index is 0.00000112. The van der Waals surface area contributed by atoms with E-state index in [0.29, 0.717) is 24.9 Å². The van der Waals surface area contributed by atoms with E-state index < -0.39 is 13.4 Å². The van der Waals surface area contributed by atoms with E-state index in [2.05, 4.69) is 0 Å². The molecule has 0 atom stereocenters. The van der Waals surface area contributed by atoms with Crippen molar-refractivity contribution >= 4 is 6.98 Å². The smallest absolute Gasteiger partial charge is 0.448 e. The third-order valence-electron chi connectivity index (χ3n) is 3.46. The second-order valence-electron chi connectivity index (χ2n) is 4.82. The summed E-state index contributed by atoms with van der Waals surface area (Å²) < 4.78 is 36.8. The molecular formula is C9H16BF3KN. The summed E-state index contributed by atoms with van der Waals surface area (Å²) in [6.45, 7) is -3.27. The first kappa shape index (κ1) is 14.5. The predicted octanol–water partition coefficient (Wildman–Crippen LogP) is -0.501. The van der Waals surface area contributed by atoms with Crippen molar-refractivity contribution in [2.45, 2.75) is 25.7 Å². The van der Waals surface area contributed by atoms with Crippen LogP contribution in [0.1, 0.15) is 25.7 Å². The van der Waals surface area contributed by atoms with Crippen LogP contribution >= 0.6 is 0 Å². The van der Waals surface area contributed by atoms with Gasteiger partial charge in [0.2, 0.25) is 0 Å². The Hall–Kier alpha value is 1.45. The molecule has 0 radical (unpaired) electrons. The van der Waals surface area contributed by atoms with Gasteiger partial charge in [-0.25, -0.2) is 0 Å². The van der Waals surface area contributed by atoms with Crippen LogP contribution in [-0.2, 0) is 0 Å². The van der Waals surface area contributed by atoms with Crippen LogP contribution in [-0.4, -0.2) is 31.4 Å². The number of hydrogen-bond acceptors (Lipinski definition) is 1. The predicted molar refractivity (Wildman–Crippen MR) is 51.0 cm³/mol. The van der Waals surface area contributed by atoms with E-state index in [-0.39, 0.29) is 51.4 Å². The molecule has 3 rings (SSSR count). The van der Waals surface area contributed by atoms with Gasteiger partial charge in [0.1, 0.15) is 0 Å². The van der Waals surface area contributed by atoms with Crippen molar-refractivity contribution in [3.8, 4) is 0 Å². The summed E-state index contributed by atoms with van der Waals surface area (Å²) in [6, 6.07) is 0. The maximum atomic E-state index is 12.3. The van der Waals surface area contributed by atoms with E-state index in [9.17, 15) is 12.9 Å². The first-order valence-electron chi connectivity index (χ1n) is 5.46. The fourth-order valence-corrected chi connectivity index (χ4v) is 2.84. The maximum absolute atomic E-state index is 12.3. The van der Waals surface area contributed by atoms with Gasteiger partial charge in [0, 0.05) is 0 Å². The van der Waals surface area contributed by atoms with Gasteiger partial charge >= 0.3 is 58.4 Å². The van der Waals surface area contributed by atoms with Crippen molar-refractivity contribution in [2.75, 3.05) is 19.5 Å². The molecule has 0 aromatic carbocycles. The van der Waals surface area contributed by atoms with E-state index in [1.165, 1.54) is 0 Å². The van der Waals surface area contributed by atoms with Gasteiger partial charge in [-0.1, -0.05) is 0 Å². The minimum atomic E-state index is -4.63. The Bertz CT molecular complexity index is 190. The largest absolute Gasteiger partial charge is 1.00 e. The number of fused-ring (bicyclic) bond motifs is 4. The summed E-state index contributed by atoms with van der Waals surface area (Å²) in [5.74, 6) is 1.07. The van der Waals surface area contributed by atoms with E-state index in [4.69, 9.17) is 0 Å². The Kier molecular flexibility index (Phi) is 5.68. The Morgan fingerprint density at radius 3 is 1.67 bits per heavy atom. The molecule has 1 aliphatic carbocycles. The van der Waals surface area contributed by atoms with Crippen molar-refractivity contribution in [3.63, 3.8) is 0 Å². The molecule has 2 aliphatic heterocycles. The second-order valence-corrected chi connectivity index (χ2v) is 4.82. The van der Waals surface area contributed by atoms with Crippen LogP contribution in [0.15, 0.2) is 0 Å². The van der Waals surface area contributed by atoms with Crippen molar-refractivity contribution in [3.05, 3.63) is 0 Å². The van der Waals surface area contributed by atoms with E-state index in [1.807, 2.05) is 0 Å². The summed E-state index contributed by atoms with van der Waals surface area (Å²) in [4.78, 5) is 1.63. The topological polar surface area (TPSA) is 3.24 Å². The summed E-state index contributed by atoms with van der Waals surface area (Å²) in [5, 5.41) is 0. The molecule has 0 spiro atoms. The van der Waals surface area contributed by atoms with Crippen LogP contribution in [0.5, 0.6) is 0 Å². The molecule has 15 heavy (non-hydrogen) atoms. The van der Waals surface area contributed by atoms with Crippen molar-refractivity contribution in [1.82, 2.24) is 4.90 Å². The monoisotopic (exact) mass is 245 g/mol. The Labute approximate surface area is 132 Å². The van der Waals surface area contributed by atoms with Crippen LogP contribution in [0.4, 0.5) is 12.9 Å². The van der Waals surface area contributed by atoms with E-state index in [0.717, 1.165) is 25.7 Å². The molecule has 0 aromatic rings. The molecule has 1 nitrogen and oxygen atoms in total. The molecule has 1 saturated carbocycles. The van der Waals surface area contributed by atoms with Gasteiger partial charge in [0.15, 0.2) is 0 Å². The molecule has 3 fully saturated rings. The minimum absolute atomic E-state index is 0. The normalized spacial score (nSPS) is 32.2. The molecule has 2 heterocycles. The maximum Gasteiger partial charge on any atom is 1.00 e. The van der Waals surface area contributed by atoms with Crippen molar-refractivity contribution in [2.24, 2.45) is 11.8 Å². The fourth-order valence-electron chi connectivity index (χ4n) is 2.84. The zero-order valence-corrected chi connectivity index (χ0v) is 12.4. The quantitative estimate of drug-likeness (QED) is 0.593. The van der Waals surface area contributed by atoms with Crippen LogP contribution in [0.3, 0.4) is 0 Å². The third-order valence-corrected chi connectivity index (χ3v) is 3.46. The third kappa shape index (κ3) is 4.68. The van der Waals surface area contributed by atoms with Gasteiger partial charge < -0.3 is 17.8 Å². The average molecular weight is 245 g/mol. The van der Waals surface area contributed by atoms with Gasteiger partial charge in [0.05, 0.1) is 0 Å². The first-order chi connectivity index (χ1) is 6.53. The van der Waals surface area contributed by atoms with Gasteiger partial charge in [-0.05, 0) is 57.1 Å². The standard InChI is InChI=1S/C9H16BF3N.K/c11-10(12,13)7-14-5-8-1-2-9(6-14)4-3-8;/h8-9H,1-7H2;/q-1;+1. The number of hydrogen-bond donors (Lipinski definition) is 0. The minimum Gasteiger partial charge on any atom is -0.448 e. The van der Waals surface area contributed by atoms with Gasteiger partial charge in [-0.2, -0.15) is 0 Å². The number of rotatable bonds is 2. The molecular weight excluding hydrogens is 229 g/mol. The fraction of sp³-hybridized carbons (Fsp3) is 1.00. The number of halogens is 3. The zero-order valence-electron chi connectivity index (χ0n) is 9.26. The van der Waals surface area contributed by atoms with Crippen LogP contribution in [0, 0.1) is 11.8 Å². The van der Waals surface area contributed by atoms with Crippen molar-refractivity contribution in [1.29, 1.82) is 0 Å². The summed E-state index contributed by atoms with van der Waals surface area (Å²) in [5.41, 5.74) is 0.